The fourth-order valence-electron chi connectivity index (χ4n) is 2.82. The molecule has 1 aliphatic carbocycles. The van der Waals surface area contributed by atoms with Crippen LogP contribution >= 0.6 is 12.4 Å². The van der Waals surface area contributed by atoms with Crippen LogP contribution < -0.4 is 11.1 Å². The van der Waals surface area contributed by atoms with E-state index in [4.69, 9.17) is 5.73 Å². The van der Waals surface area contributed by atoms with Crippen molar-refractivity contribution in [2.24, 2.45) is 18.7 Å². The normalized spacial score (nSPS) is 15.1. The number of nitrogens with one attached hydrogen (secondary N) is 2. The number of H-pyrrole nitrogens is 1. The van der Waals surface area contributed by atoms with Gasteiger partial charge in [-0.3, -0.25) is 14.6 Å². The van der Waals surface area contributed by atoms with E-state index in [1.54, 1.807) is 6.07 Å². The van der Waals surface area contributed by atoms with Crippen LogP contribution in [0.3, 0.4) is 0 Å². The molecule has 3 rings (SSSR count). The van der Waals surface area contributed by atoms with Crippen LogP contribution in [-0.2, 0) is 7.05 Å². The summed E-state index contributed by atoms with van der Waals surface area (Å²) in [4.78, 5) is 12.3. The first-order valence-electron chi connectivity index (χ1n) is 7.58. The van der Waals surface area contributed by atoms with Gasteiger partial charge in [-0.05, 0) is 38.7 Å². The van der Waals surface area contributed by atoms with Gasteiger partial charge in [0.2, 0.25) is 0 Å². The Morgan fingerprint density at radius 1 is 1.52 bits per heavy atom. The smallest absolute Gasteiger partial charge is 0.269 e. The average Bonchev–Trinajstić information content (AvgIpc) is 3.16. The number of aryl methyl sites for hydroxylation is 2. The van der Waals surface area contributed by atoms with Crippen molar-refractivity contribution in [3.05, 3.63) is 23.1 Å². The molecule has 0 aliphatic heterocycles. The number of aromatic amines is 1. The summed E-state index contributed by atoms with van der Waals surface area (Å²) >= 11 is 0. The standard InChI is InChI=1S/C15H22N6O.ClH/c1-8-14(9(2)21(3)20-8)11-6-12(19-18-11)15(22)17-13(7-16)10-4-5-10;/h6,10,13H,4-5,7,16H2,1-3H3,(H,17,22)(H,18,19);1H. The van der Waals surface area contributed by atoms with Crippen molar-refractivity contribution in [2.75, 3.05) is 6.54 Å². The first-order valence-corrected chi connectivity index (χ1v) is 7.58. The number of hydrogen-bond donors (Lipinski definition) is 3. The van der Waals surface area contributed by atoms with E-state index >= 15 is 0 Å². The molecule has 7 nitrogen and oxygen atoms in total. The lowest BCUT2D eigenvalue weighted by molar-refractivity contribution is 0.0928. The Balaban J connectivity index is 0.00000192. The Morgan fingerprint density at radius 2 is 2.22 bits per heavy atom. The lowest BCUT2D eigenvalue weighted by atomic mass is 10.1. The molecule has 2 heterocycles. The highest BCUT2D eigenvalue weighted by molar-refractivity contribution is 5.93. The topological polar surface area (TPSA) is 102 Å². The molecular weight excluding hydrogens is 316 g/mol. The van der Waals surface area contributed by atoms with Crippen molar-refractivity contribution in [1.82, 2.24) is 25.3 Å². The van der Waals surface area contributed by atoms with E-state index in [2.05, 4.69) is 20.6 Å². The van der Waals surface area contributed by atoms with Gasteiger partial charge in [-0.1, -0.05) is 0 Å². The Morgan fingerprint density at radius 3 is 2.74 bits per heavy atom. The van der Waals surface area contributed by atoms with Crippen molar-refractivity contribution in [3.8, 4) is 11.3 Å². The van der Waals surface area contributed by atoms with Crippen molar-refractivity contribution in [1.29, 1.82) is 0 Å². The summed E-state index contributed by atoms with van der Waals surface area (Å²) in [6.45, 7) is 4.40. The molecule has 4 N–H and O–H groups in total. The third-order valence-electron chi connectivity index (χ3n) is 4.35. The second kappa shape index (κ2) is 6.72. The number of rotatable bonds is 5. The zero-order valence-corrected chi connectivity index (χ0v) is 14.4. The quantitative estimate of drug-likeness (QED) is 0.765. The van der Waals surface area contributed by atoms with Crippen LogP contribution in [0.4, 0.5) is 0 Å². The van der Waals surface area contributed by atoms with Crippen LogP contribution in [0.25, 0.3) is 11.3 Å². The van der Waals surface area contributed by atoms with Crippen molar-refractivity contribution in [2.45, 2.75) is 32.7 Å². The monoisotopic (exact) mass is 338 g/mol. The molecule has 2 aromatic rings. The molecule has 0 saturated heterocycles. The maximum Gasteiger partial charge on any atom is 0.269 e. The number of nitrogens with two attached hydrogens (primary N) is 1. The average molecular weight is 339 g/mol. The Labute approximate surface area is 141 Å². The zero-order chi connectivity index (χ0) is 15.9. The molecule has 23 heavy (non-hydrogen) atoms. The predicted molar refractivity (Wildman–Crippen MR) is 90.5 cm³/mol. The van der Waals surface area contributed by atoms with Gasteiger partial charge in [0.05, 0.1) is 11.4 Å². The largest absolute Gasteiger partial charge is 0.346 e. The third kappa shape index (κ3) is 3.40. The molecule has 8 heteroatoms. The molecule has 1 fully saturated rings. The molecule has 1 unspecified atom stereocenters. The molecule has 2 aromatic heterocycles. The SMILES string of the molecule is Cc1nn(C)c(C)c1-c1cc(C(=O)NC(CN)C2CC2)[nH]n1.Cl. The molecule has 126 valence electrons. The van der Waals surface area contributed by atoms with E-state index in [1.165, 1.54) is 0 Å². The third-order valence-corrected chi connectivity index (χ3v) is 4.35. The number of carbonyl (C=O) groups excluding carboxylic acids is 1. The van der Waals surface area contributed by atoms with Gasteiger partial charge in [-0.2, -0.15) is 10.2 Å². The molecule has 1 amide bonds. The fourth-order valence-corrected chi connectivity index (χ4v) is 2.82. The van der Waals surface area contributed by atoms with Crippen LogP contribution in [-0.4, -0.2) is 38.5 Å². The number of hydrogen-bond acceptors (Lipinski definition) is 4. The van der Waals surface area contributed by atoms with Crippen LogP contribution in [0.5, 0.6) is 0 Å². The van der Waals surface area contributed by atoms with E-state index in [9.17, 15) is 4.79 Å². The molecule has 1 aliphatic rings. The Kier molecular flexibility index (Phi) is 5.11. The minimum Gasteiger partial charge on any atom is -0.346 e. The van der Waals surface area contributed by atoms with Crippen LogP contribution in [0.1, 0.15) is 34.7 Å². The van der Waals surface area contributed by atoms with Gasteiger partial charge >= 0.3 is 0 Å². The maximum absolute atomic E-state index is 12.3. The number of amides is 1. The first-order chi connectivity index (χ1) is 10.5. The molecule has 0 aromatic carbocycles. The highest BCUT2D eigenvalue weighted by Gasteiger charge is 2.31. The maximum atomic E-state index is 12.3. The molecule has 0 radical (unpaired) electrons. The second-order valence-corrected chi connectivity index (χ2v) is 5.99. The summed E-state index contributed by atoms with van der Waals surface area (Å²) in [6.07, 6.45) is 2.29. The van der Waals surface area contributed by atoms with E-state index in [1.807, 2.05) is 25.6 Å². The summed E-state index contributed by atoms with van der Waals surface area (Å²) in [5.41, 5.74) is 9.81. The van der Waals surface area contributed by atoms with Gasteiger partial charge in [0.15, 0.2) is 0 Å². The van der Waals surface area contributed by atoms with Crippen LogP contribution in [0.15, 0.2) is 6.07 Å². The van der Waals surface area contributed by atoms with Crippen LogP contribution in [0, 0.1) is 19.8 Å². The number of aromatic nitrogens is 4. The summed E-state index contributed by atoms with van der Waals surface area (Å²) in [7, 11) is 1.90. The Bertz CT molecular complexity index is 703. The summed E-state index contributed by atoms with van der Waals surface area (Å²) in [5.74, 6) is 0.374. The molecule has 1 saturated carbocycles. The van der Waals surface area contributed by atoms with Crippen molar-refractivity contribution in [3.63, 3.8) is 0 Å². The second-order valence-electron chi connectivity index (χ2n) is 5.99. The highest BCUT2D eigenvalue weighted by Crippen LogP contribution is 2.32. The number of halogens is 1. The van der Waals surface area contributed by atoms with E-state index in [-0.39, 0.29) is 24.4 Å². The minimum absolute atomic E-state index is 0. The highest BCUT2D eigenvalue weighted by atomic mass is 35.5. The van der Waals surface area contributed by atoms with Crippen molar-refractivity contribution >= 4 is 18.3 Å². The molecule has 1 atom stereocenters. The number of carbonyl (C=O) groups is 1. The Hall–Kier alpha value is -1.86. The predicted octanol–water partition coefficient (Wildman–Crippen LogP) is 1.32. The zero-order valence-electron chi connectivity index (χ0n) is 13.6. The summed E-state index contributed by atoms with van der Waals surface area (Å²) < 4.78 is 1.82. The van der Waals surface area contributed by atoms with Gasteiger partial charge in [0.1, 0.15) is 5.69 Å². The van der Waals surface area contributed by atoms with Gasteiger partial charge in [-0.15, -0.1) is 12.4 Å². The van der Waals surface area contributed by atoms with Crippen molar-refractivity contribution < 1.29 is 4.79 Å². The fraction of sp³-hybridized carbons (Fsp3) is 0.533. The summed E-state index contributed by atoms with van der Waals surface area (Å²) in [6, 6.07) is 1.83. The van der Waals surface area contributed by atoms with E-state index in [0.717, 1.165) is 35.5 Å². The molecular formula is C15H23ClN6O. The number of nitrogens with zero attached hydrogens (tertiary/aromatic N) is 3. The van der Waals surface area contributed by atoms with E-state index in [0.29, 0.717) is 18.2 Å². The van der Waals surface area contributed by atoms with E-state index < -0.39 is 0 Å². The van der Waals surface area contributed by atoms with Gasteiger partial charge in [-0.25, -0.2) is 0 Å². The molecule has 0 bridgehead atoms. The lowest BCUT2D eigenvalue weighted by Crippen LogP contribution is -2.41. The van der Waals surface area contributed by atoms with Gasteiger partial charge < -0.3 is 11.1 Å². The molecule has 0 spiro atoms. The minimum atomic E-state index is -0.153. The van der Waals surface area contributed by atoms with Gasteiger partial charge in [0, 0.05) is 30.9 Å². The first kappa shape index (κ1) is 17.5. The van der Waals surface area contributed by atoms with Crippen LogP contribution in [0.2, 0.25) is 0 Å². The lowest BCUT2D eigenvalue weighted by Gasteiger charge is -2.14. The van der Waals surface area contributed by atoms with Gasteiger partial charge in [0.25, 0.3) is 5.91 Å². The summed E-state index contributed by atoms with van der Waals surface area (Å²) in [5, 5.41) is 14.5.